The van der Waals surface area contributed by atoms with E-state index >= 15 is 0 Å². The van der Waals surface area contributed by atoms with Crippen molar-refractivity contribution >= 4 is 30.0 Å². The molecule has 8 heteroatoms. The molecule has 4 rings (SSSR count). The lowest BCUT2D eigenvalue weighted by atomic mass is 9.90. The van der Waals surface area contributed by atoms with Gasteiger partial charge in [0.25, 0.3) is 5.91 Å². The number of imidazole rings is 1. The summed E-state index contributed by atoms with van der Waals surface area (Å²) in [5, 5.41) is 5.82. The van der Waals surface area contributed by atoms with Gasteiger partial charge in [0, 0.05) is 12.4 Å². The second-order valence-electron chi connectivity index (χ2n) is 6.27. The second-order valence-corrected chi connectivity index (χ2v) is 6.27. The van der Waals surface area contributed by atoms with Crippen LogP contribution in [0.25, 0.3) is 12.2 Å². The van der Waals surface area contributed by atoms with Crippen LogP contribution in [-0.4, -0.2) is 31.8 Å². The maximum absolute atomic E-state index is 13.1. The number of amides is 1. The maximum Gasteiger partial charge on any atom is 0.267 e. The van der Waals surface area contributed by atoms with E-state index in [1.165, 1.54) is 0 Å². The molecule has 0 spiro atoms. The molecule has 8 nitrogen and oxygen atoms in total. The molecule has 29 heavy (non-hydrogen) atoms. The van der Waals surface area contributed by atoms with E-state index in [-0.39, 0.29) is 11.9 Å². The lowest BCUT2D eigenvalue weighted by Gasteiger charge is -2.21. The average Bonchev–Trinajstić information content (AvgIpc) is 3.30. The molecule has 0 bridgehead atoms. The summed E-state index contributed by atoms with van der Waals surface area (Å²) in [7, 11) is 0. The van der Waals surface area contributed by atoms with Gasteiger partial charge >= 0.3 is 0 Å². The topological polar surface area (TPSA) is 108 Å². The van der Waals surface area contributed by atoms with Crippen LogP contribution in [0, 0.1) is 0 Å². The van der Waals surface area contributed by atoms with Crippen LogP contribution in [0.5, 0.6) is 0 Å². The fraction of sp³-hybridized carbons (Fsp3) is 0.0952. The molecular weight excluding hydrogens is 366 g/mol. The van der Waals surface area contributed by atoms with Crippen LogP contribution < -0.4 is 10.6 Å². The molecule has 3 aromatic heterocycles. The van der Waals surface area contributed by atoms with Gasteiger partial charge in [-0.2, -0.15) is 0 Å². The molecule has 3 aromatic rings. The quantitative estimate of drug-likeness (QED) is 0.626. The van der Waals surface area contributed by atoms with Gasteiger partial charge in [-0.25, -0.2) is 9.98 Å². The summed E-state index contributed by atoms with van der Waals surface area (Å²) in [6.45, 7) is 5.69. The molecule has 0 radical (unpaired) electrons. The number of H-pyrrole nitrogens is 1. The van der Waals surface area contributed by atoms with E-state index < -0.39 is 5.54 Å². The van der Waals surface area contributed by atoms with Crippen LogP contribution >= 0.6 is 0 Å². The van der Waals surface area contributed by atoms with E-state index in [9.17, 15) is 4.79 Å². The van der Waals surface area contributed by atoms with E-state index in [0.29, 0.717) is 23.0 Å². The van der Waals surface area contributed by atoms with Crippen molar-refractivity contribution in [2.45, 2.75) is 12.5 Å². The van der Waals surface area contributed by atoms with Gasteiger partial charge in [-0.3, -0.25) is 25.4 Å². The number of pyridine rings is 2. The molecule has 0 unspecified atom stereocenters. The largest absolute Gasteiger partial charge is 0.324 e. The Bertz CT molecular complexity index is 1060. The minimum absolute atomic E-state index is 0.252. The van der Waals surface area contributed by atoms with Crippen LogP contribution in [0.3, 0.4) is 0 Å². The predicted octanol–water partition coefficient (Wildman–Crippen LogP) is 2.72. The number of allylic oxidation sites excluding steroid dienone is 1. The number of aliphatic imine (C=N–C) groups is 1. The van der Waals surface area contributed by atoms with E-state index in [4.69, 9.17) is 0 Å². The Kier molecular flexibility index (Phi) is 4.74. The van der Waals surface area contributed by atoms with E-state index in [1.807, 2.05) is 31.2 Å². The summed E-state index contributed by atoms with van der Waals surface area (Å²) in [6, 6.07) is 10.7. The highest BCUT2D eigenvalue weighted by Crippen LogP contribution is 2.34. The average molecular weight is 385 g/mol. The van der Waals surface area contributed by atoms with Gasteiger partial charge < -0.3 is 4.98 Å². The number of carbonyl (C=O) groups is 1. The lowest BCUT2D eigenvalue weighted by molar-refractivity contribution is -0.122. The molecule has 0 saturated heterocycles. The van der Waals surface area contributed by atoms with E-state index in [0.717, 1.165) is 5.69 Å². The van der Waals surface area contributed by atoms with Crippen LogP contribution in [0.2, 0.25) is 0 Å². The Hall–Kier alpha value is -4.07. The number of guanidine groups is 1. The zero-order valence-corrected chi connectivity index (χ0v) is 15.8. The predicted molar refractivity (Wildman–Crippen MR) is 112 cm³/mol. The van der Waals surface area contributed by atoms with Crippen LogP contribution in [0.1, 0.15) is 29.7 Å². The van der Waals surface area contributed by atoms with Crippen molar-refractivity contribution in [3.63, 3.8) is 0 Å². The first-order chi connectivity index (χ1) is 14.2. The van der Waals surface area contributed by atoms with E-state index in [2.05, 4.69) is 42.1 Å². The Labute approximate surface area is 167 Å². The number of nitrogens with one attached hydrogen (secondary N) is 3. The first-order valence-electron chi connectivity index (χ1n) is 9.04. The van der Waals surface area contributed by atoms with Crippen molar-refractivity contribution in [2.24, 2.45) is 4.99 Å². The van der Waals surface area contributed by atoms with Crippen molar-refractivity contribution in [3.05, 3.63) is 84.2 Å². The Balaban J connectivity index is 1.77. The minimum Gasteiger partial charge on any atom is -0.324 e. The highest BCUT2D eigenvalue weighted by molar-refractivity contribution is 6.13. The molecule has 1 amide bonds. The summed E-state index contributed by atoms with van der Waals surface area (Å²) in [4.78, 5) is 34.1. The first kappa shape index (κ1) is 18.3. The Morgan fingerprint density at radius 2 is 1.79 bits per heavy atom. The second kappa shape index (κ2) is 7.51. The minimum atomic E-state index is -1.38. The van der Waals surface area contributed by atoms with Crippen molar-refractivity contribution in [3.8, 4) is 0 Å². The summed E-state index contributed by atoms with van der Waals surface area (Å²) >= 11 is 0. The molecular formula is C21H19N7O. The van der Waals surface area contributed by atoms with Gasteiger partial charge in [-0.05, 0) is 43.3 Å². The fourth-order valence-electron chi connectivity index (χ4n) is 3.16. The van der Waals surface area contributed by atoms with Crippen LogP contribution in [0.4, 0.5) is 5.95 Å². The molecule has 4 heterocycles. The van der Waals surface area contributed by atoms with Gasteiger partial charge in [-0.1, -0.05) is 24.8 Å². The summed E-state index contributed by atoms with van der Waals surface area (Å²) < 4.78 is 0. The number of anilines is 1. The molecule has 3 N–H and O–H groups in total. The number of nitrogens with zero attached hydrogens (tertiary/aromatic N) is 4. The van der Waals surface area contributed by atoms with E-state index in [1.54, 1.807) is 42.7 Å². The van der Waals surface area contributed by atoms with Crippen molar-refractivity contribution in [2.75, 3.05) is 5.32 Å². The highest BCUT2D eigenvalue weighted by atomic mass is 16.2. The van der Waals surface area contributed by atoms with Crippen molar-refractivity contribution in [1.29, 1.82) is 0 Å². The van der Waals surface area contributed by atoms with Gasteiger partial charge in [0.15, 0.2) is 0 Å². The smallest absolute Gasteiger partial charge is 0.267 e. The monoisotopic (exact) mass is 385 g/mol. The lowest BCUT2D eigenvalue weighted by Crippen LogP contribution is -2.40. The molecule has 0 fully saturated rings. The number of hydrogen-bond acceptors (Lipinski definition) is 6. The normalized spacial score (nSPS) is 15.2. The molecule has 144 valence electrons. The van der Waals surface area contributed by atoms with Crippen LogP contribution in [-0.2, 0) is 10.3 Å². The van der Waals surface area contributed by atoms with Gasteiger partial charge in [0.05, 0.1) is 22.8 Å². The first-order valence-corrected chi connectivity index (χ1v) is 9.04. The SMILES string of the molecule is C=Cc1nc(NC2=NC(c3ccccn3)(c3ccccn3)C(=O)N2)[nH]c1/C=C\C. The Morgan fingerprint density at radius 3 is 2.34 bits per heavy atom. The number of hydrogen-bond donors (Lipinski definition) is 3. The van der Waals surface area contributed by atoms with Gasteiger partial charge in [0.1, 0.15) is 0 Å². The zero-order valence-electron chi connectivity index (χ0n) is 15.8. The number of carbonyl (C=O) groups excluding carboxylic acids is 1. The zero-order chi connectivity index (χ0) is 20.3. The third-order valence-electron chi connectivity index (χ3n) is 4.44. The number of rotatable bonds is 5. The van der Waals surface area contributed by atoms with Crippen molar-refractivity contribution in [1.82, 2.24) is 25.3 Å². The molecule has 0 saturated carbocycles. The van der Waals surface area contributed by atoms with Gasteiger partial charge in [-0.15, -0.1) is 0 Å². The van der Waals surface area contributed by atoms with Gasteiger partial charge in [0.2, 0.25) is 17.4 Å². The third-order valence-corrected chi connectivity index (χ3v) is 4.44. The molecule has 0 aromatic carbocycles. The third kappa shape index (κ3) is 3.20. The molecule has 0 atom stereocenters. The highest BCUT2D eigenvalue weighted by Gasteiger charge is 2.49. The summed E-state index contributed by atoms with van der Waals surface area (Å²) in [6.07, 6.45) is 8.68. The number of aromatic amines is 1. The fourth-order valence-corrected chi connectivity index (χ4v) is 3.16. The van der Waals surface area contributed by atoms with Crippen molar-refractivity contribution < 1.29 is 4.79 Å². The summed E-state index contributed by atoms with van der Waals surface area (Å²) in [5.41, 5.74) is 1.07. The molecule has 0 aliphatic carbocycles. The molecule has 1 aliphatic heterocycles. The maximum atomic E-state index is 13.1. The Morgan fingerprint density at radius 1 is 1.10 bits per heavy atom. The summed E-state index contributed by atoms with van der Waals surface area (Å²) in [5.74, 6) is 0.342. The number of aromatic nitrogens is 4. The standard InChI is InChI=1S/C21H19N7O/c1-3-9-15-14(4-2)24-19(25-15)27-20-26-18(29)21(28-20,16-10-5-7-12-22-16)17-11-6-8-13-23-17/h3-13H,2H2,1H3,(H3,24,25,26,27,28,29)/b9-3-. The van der Waals surface area contributed by atoms with Crippen LogP contribution in [0.15, 0.2) is 66.4 Å². The molecule has 1 aliphatic rings.